The normalized spacial score (nSPS) is 15.5. The van der Waals surface area contributed by atoms with Crippen molar-refractivity contribution in [3.05, 3.63) is 48.0 Å². The number of hydrogen-bond acceptors (Lipinski definition) is 6. The van der Waals surface area contributed by atoms with Crippen LogP contribution in [0, 0.1) is 0 Å². The van der Waals surface area contributed by atoms with Crippen LogP contribution in [-0.4, -0.2) is 41.0 Å². The smallest absolute Gasteiger partial charge is 0.256 e. The second kappa shape index (κ2) is 8.98. The van der Waals surface area contributed by atoms with Crippen LogP contribution in [0.2, 0.25) is 0 Å². The predicted octanol–water partition coefficient (Wildman–Crippen LogP) is 4.15. The molecule has 2 aromatic carbocycles. The number of methoxy groups -OCH3 is 4. The van der Waals surface area contributed by atoms with E-state index in [2.05, 4.69) is 6.58 Å². The number of rotatable bonds is 9. The maximum Gasteiger partial charge on any atom is 0.256 e. The van der Waals surface area contributed by atoms with Gasteiger partial charge in [-0.2, -0.15) is 0 Å². The maximum absolute atomic E-state index is 12.7. The molecule has 7 heteroatoms. The third-order valence-corrected chi connectivity index (χ3v) is 4.97. The number of benzene rings is 2. The van der Waals surface area contributed by atoms with Crippen LogP contribution in [0.4, 0.5) is 5.69 Å². The molecule has 1 aliphatic rings. The van der Waals surface area contributed by atoms with E-state index >= 15 is 0 Å². The van der Waals surface area contributed by atoms with Crippen LogP contribution in [0.5, 0.6) is 28.7 Å². The highest BCUT2D eigenvalue weighted by atomic mass is 16.5. The molecule has 0 saturated carbocycles. The average Bonchev–Trinajstić information content (AvgIpc) is 2.79. The van der Waals surface area contributed by atoms with E-state index in [1.54, 1.807) is 24.1 Å². The first-order valence-electron chi connectivity index (χ1n) is 9.63. The lowest BCUT2D eigenvalue weighted by Crippen LogP contribution is -2.48. The Morgan fingerprint density at radius 3 is 2.07 bits per heavy atom. The van der Waals surface area contributed by atoms with Gasteiger partial charge >= 0.3 is 0 Å². The molecule has 0 N–H and O–H groups in total. The molecule has 0 bridgehead atoms. The molecule has 1 saturated heterocycles. The van der Waals surface area contributed by atoms with Gasteiger partial charge in [-0.25, -0.2) is 0 Å². The molecule has 1 fully saturated rings. The zero-order valence-corrected chi connectivity index (χ0v) is 18.0. The molecule has 1 atom stereocenters. The van der Waals surface area contributed by atoms with Gasteiger partial charge in [-0.1, -0.05) is 19.6 Å². The average molecular weight is 413 g/mol. The topological polar surface area (TPSA) is 66.5 Å². The summed E-state index contributed by atoms with van der Waals surface area (Å²) in [5, 5.41) is 0. The summed E-state index contributed by atoms with van der Waals surface area (Å²) < 4.78 is 27.5. The van der Waals surface area contributed by atoms with Gasteiger partial charge in [0.15, 0.2) is 23.0 Å². The van der Waals surface area contributed by atoms with Crippen LogP contribution < -0.4 is 28.6 Å². The summed E-state index contributed by atoms with van der Waals surface area (Å²) in [6, 6.07) is 8.79. The van der Waals surface area contributed by atoms with Crippen molar-refractivity contribution in [1.29, 1.82) is 0 Å². The summed E-state index contributed by atoms with van der Waals surface area (Å²) in [5.41, 5.74) is 1.99. The highest BCUT2D eigenvalue weighted by molar-refractivity contribution is 6.15. The minimum absolute atomic E-state index is 0.166. The van der Waals surface area contributed by atoms with Crippen molar-refractivity contribution in [2.24, 2.45) is 0 Å². The fraction of sp³-hybridized carbons (Fsp3) is 0.348. The largest absolute Gasteiger partial charge is 0.493 e. The lowest BCUT2D eigenvalue weighted by atomic mass is 9.88. The first kappa shape index (κ1) is 21.4. The lowest BCUT2D eigenvalue weighted by molar-refractivity contribution is -0.118. The van der Waals surface area contributed by atoms with Gasteiger partial charge in [0.2, 0.25) is 5.75 Å². The van der Waals surface area contributed by atoms with E-state index in [0.29, 0.717) is 46.6 Å². The Bertz CT molecular complexity index is 930. The summed E-state index contributed by atoms with van der Waals surface area (Å²) in [6.07, 6.45) is 0.875. The van der Waals surface area contributed by atoms with Crippen molar-refractivity contribution in [3.63, 3.8) is 0 Å². The maximum atomic E-state index is 12.7. The molecule has 1 aliphatic heterocycles. The third-order valence-electron chi connectivity index (χ3n) is 4.97. The molecular weight excluding hydrogens is 386 g/mol. The molecular formula is C23H27NO6. The highest BCUT2D eigenvalue weighted by Gasteiger charge is 2.43. The molecule has 0 radical (unpaired) electrons. The fourth-order valence-electron chi connectivity index (χ4n) is 3.49. The molecule has 3 rings (SSSR count). The molecule has 0 unspecified atom stereocenters. The van der Waals surface area contributed by atoms with E-state index in [1.165, 1.54) is 21.3 Å². The van der Waals surface area contributed by atoms with Crippen molar-refractivity contribution in [3.8, 4) is 28.7 Å². The Morgan fingerprint density at radius 1 is 0.900 bits per heavy atom. The van der Waals surface area contributed by atoms with Crippen LogP contribution in [0.15, 0.2) is 42.5 Å². The van der Waals surface area contributed by atoms with Gasteiger partial charge in [0.1, 0.15) is 0 Å². The Morgan fingerprint density at radius 2 is 1.53 bits per heavy atom. The van der Waals surface area contributed by atoms with Crippen LogP contribution in [0.3, 0.4) is 0 Å². The standard InChI is InChI=1S/C23H27NO6/c1-7-10-30-18-11-15(8-9-17(18)26-3)21-14(2)23(25)24(21)16-12-19(27-4)22(29-6)20(13-16)28-5/h8-9,11-13,21H,2,7,10H2,1,3-6H3/t21-/m1/s1. The zero-order valence-electron chi connectivity index (χ0n) is 18.0. The number of anilines is 1. The molecule has 2 aromatic rings. The molecule has 1 heterocycles. The molecule has 0 aromatic heterocycles. The summed E-state index contributed by atoms with van der Waals surface area (Å²) >= 11 is 0. The van der Waals surface area contributed by atoms with Crippen LogP contribution in [-0.2, 0) is 4.79 Å². The zero-order chi connectivity index (χ0) is 21.8. The summed E-state index contributed by atoms with van der Waals surface area (Å²) in [7, 11) is 6.21. The Kier molecular flexibility index (Phi) is 6.40. The van der Waals surface area contributed by atoms with Crippen molar-refractivity contribution in [2.45, 2.75) is 19.4 Å². The van der Waals surface area contributed by atoms with Gasteiger partial charge in [-0.3, -0.25) is 9.69 Å². The third kappa shape index (κ3) is 3.63. The van der Waals surface area contributed by atoms with E-state index in [-0.39, 0.29) is 11.9 Å². The van der Waals surface area contributed by atoms with Crippen LogP contribution in [0.25, 0.3) is 0 Å². The summed E-state index contributed by atoms with van der Waals surface area (Å²) in [5.74, 6) is 2.51. The number of β-lactam (4-membered cyclic amide) rings is 1. The Balaban J connectivity index is 2.03. The Labute approximate surface area is 176 Å². The van der Waals surface area contributed by atoms with Crippen molar-refractivity contribution in [2.75, 3.05) is 39.9 Å². The minimum atomic E-state index is -0.338. The van der Waals surface area contributed by atoms with E-state index < -0.39 is 0 Å². The number of amides is 1. The fourth-order valence-corrected chi connectivity index (χ4v) is 3.49. The first-order valence-corrected chi connectivity index (χ1v) is 9.63. The molecule has 30 heavy (non-hydrogen) atoms. The van der Waals surface area contributed by atoms with E-state index in [0.717, 1.165) is 12.0 Å². The quantitative estimate of drug-likeness (QED) is 0.454. The lowest BCUT2D eigenvalue weighted by Gasteiger charge is -2.42. The number of carbonyl (C=O) groups is 1. The number of hydrogen-bond donors (Lipinski definition) is 0. The van der Waals surface area contributed by atoms with Crippen LogP contribution >= 0.6 is 0 Å². The molecule has 0 spiro atoms. The predicted molar refractivity (Wildman–Crippen MR) is 114 cm³/mol. The molecule has 160 valence electrons. The number of carbonyl (C=O) groups excluding carboxylic acids is 1. The number of ether oxygens (including phenoxy) is 5. The van der Waals surface area contributed by atoms with Gasteiger partial charge in [-0.15, -0.1) is 0 Å². The Hall–Kier alpha value is -3.35. The number of nitrogens with zero attached hydrogens (tertiary/aromatic N) is 1. The minimum Gasteiger partial charge on any atom is -0.493 e. The van der Waals surface area contributed by atoms with Crippen molar-refractivity contribution in [1.82, 2.24) is 0 Å². The monoisotopic (exact) mass is 413 g/mol. The highest BCUT2D eigenvalue weighted by Crippen LogP contribution is 2.48. The molecule has 0 aliphatic carbocycles. The van der Waals surface area contributed by atoms with Gasteiger partial charge in [0.25, 0.3) is 5.91 Å². The SMILES string of the molecule is C=C1C(=O)N(c2cc(OC)c(OC)c(OC)c2)[C@H]1c1ccc(OC)c(OCCC)c1. The van der Waals surface area contributed by atoms with Gasteiger partial charge in [0, 0.05) is 17.7 Å². The van der Waals surface area contributed by atoms with E-state index in [1.807, 2.05) is 25.1 Å². The van der Waals surface area contributed by atoms with Gasteiger partial charge in [0.05, 0.1) is 46.8 Å². The second-order valence-electron chi connectivity index (χ2n) is 6.75. The van der Waals surface area contributed by atoms with E-state index in [4.69, 9.17) is 23.7 Å². The second-order valence-corrected chi connectivity index (χ2v) is 6.75. The van der Waals surface area contributed by atoms with Crippen molar-refractivity contribution < 1.29 is 28.5 Å². The first-order chi connectivity index (χ1) is 14.5. The van der Waals surface area contributed by atoms with E-state index in [9.17, 15) is 4.79 Å². The van der Waals surface area contributed by atoms with Crippen molar-refractivity contribution >= 4 is 11.6 Å². The summed E-state index contributed by atoms with van der Waals surface area (Å²) in [4.78, 5) is 14.4. The van der Waals surface area contributed by atoms with Gasteiger partial charge < -0.3 is 23.7 Å². The van der Waals surface area contributed by atoms with Gasteiger partial charge in [-0.05, 0) is 24.1 Å². The molecule has 7 nitrogen and oxygen atoms in total. The van der Waals surface area contributed by atoms with Crippen LogP contribution in [0.1, 0.15) is 24.9 Å². The summed E-state index contributed by atoms with van der Waals surface area (Å²) in [6.45, 7) is 6.58. The molecule has 1 amide bonds.